The Hall–Kier alpha value is -4.17. The van der Waals surface area contributed by atoms with Crippen LogP contribution >= 0.6 is 23.2 Å². The van der Waals surface area contributed by atoms with Crippen molar-refractivity contribution in [1.29, 1.82) is 0 Å². The molecule has 1 saturated heterocycles. The van der Waals surface area contributed by atoms with Gasteiger partial charge in [-0.3, -0.25) is 19.2 Å². The fraction of sp³-hybridized carbons (Fsp3) is 0.342. The first-order chi connectivity index (χ1) is 23.8. The van der Waals surface area contributed by atoms with Crippen molar-refractivity contribution < 1.29 is 14.3 Å². The molecule has 3 N–H and O–H groups in total. The van der Waals surface area contributed by atoms with Crippen molar-refractivity contribution in [1.82, 2.24) is 24.9 Å². The van der Waals surface area contributed by atoms with E-state index in [1.165, 1.54) is 10.5 Å². The smallest absolute Gasteiger partial charge is 0.311 e. The monoisotopic (exact) mass is 698 g/mol. The van der Waals surface area contributed by atoms with Crippen molar-refractivity contribution in [3.63, 3.8) is 0 Å². The third-order valence-corrected chi connectivity index (χ3v) is 9.77. The number of carbonyl (C=O) groups excluding carboxylic acids is 2. The molecule has 11 heteroatoms. The first kappa shape index (κ1) is 34.7. The lowest BCUT2D eigenvalue weighted by Crippen LogP contribution is -2.44. The summed E-state index contributed by atoms with van der Waals surface area (Å²) in [6, 6.07) is 22.0. The zero-order valence-electron chi connectivity index (χ0n) is 27.6. The Morgan fingerprint density at radius 2 is 1.82 bits per heavy atom. The summed E-state index contributed by atoms with van der Waals surface area (Å²) in [5.41, 5.74) is 12.6. The quantitative estimate of drug-likeness (QED) is 0.188. The highest BCUT2D eigenvalue weighted by Crippen LogP contribution is 2.32. The van der Waals surface area contributed by atoms with Gasteiger partial charge in [0.2, 0.25) is 0 Å². The number of carbonyl (C=O) groups is 2. The number of halogens is 2. The molecule has 4 aromatic rings. The largest absolute Gasteiger partial charge is 0.379 e. The first-order valence-corrected chi connectivity index (χ1v) is 17.4. The van der Waals surface area contributed by atoms with Crippen molar-refractivity contribution in [2.45, 2.75) is 52.0 Å². The molecular weight excluding hydrogens is 659 g/mol. The molecule has 2 amide bonds. The van der Waals surface area contributed by atoms with E-state index in [0.29, 0.717) is 41.2 Å². The van der Waals surface area contributed by atoms with E-state index in [-0.39, 0.29) is 6.54 Å². The molecule has 9 nitrogen and oxygen atoms in total. The lowest BCUT2D eigenvalue weighted by Gasteiger charge is -2.33. The van der Waals surface area contributed by atoms with E-state index in [2.05, 4.69) is 45.8 Å². The minimum absolute atomic E-state index is 0.252. The Kier molecular flexibility index (Phi) is 11.3. The number of amides is 2. The number of aryl methyl sites for hydroxylation is 1. The number of fused-ring (bicyclic) bond motifs is 1. The predicted molar refractivity (Wildman–Crippen MR) is 192 cm³/mol. The summed E-state index contributed by atoms with van der Waals surface area (Å²) < 4.78 is 7.66. The van der Waals surface area contributed by atoms with Gasteiger partial charge in [0.05, 0.1) is 30.5 Å². The summed E-state index contributed by atoms with van der Waals surface area (Å²) >= 11 is 13.2. The van der Waals surface area contributed by atoms with Crippen LogP contribution in [0.25, 0.3) is 11.3 Å². The number of aromatic nitrogens is 2. The predicted octanol–water partition coefficient (Wildman–Crippen LogP) is 5.03. The molecule has 0 spiro atoms. The number of rotatable bonds is 9. The van der Waals surface area contributed by atoms with E-state index in [1.54, 1.807) is 0 Å². The zero-order valence-corrected chi connectivity index (χ0v) is 29.1. The number of nitrogens with one attached hydrogen (secondary N) is 1. The van der Waals surface area contributed by atoms with Gasteiger partial charge in [0.15, 0.2) is 0 Å². The van der Waals surface area contributed by atoms with Gasteiger partial charge in [0.25, 0.3) is 0 Å². The molecule has 1 aromatic heterocycles. The third-order valence-electron chi connectivity index (χ3n) is 9.07. The zero-order chi connectivity index (χ0) is 34.3. The number of hydrogen-bond donors (Lipinski definition) is 2. The summed E-state index contributed by atoms with van der Waals surface area (Å²) in [6.07, 6.45) is 1.50. The minimum atomic E-state index is -0.960. The lowest BCUT2D eigenvalue weighted by atomic mass is 9.99. The highest BCUT2D eigenvalue weighted by atomic mass is 35.5. The van der Waals surface area contributed by atoms with Crippen LogP contribution in [-0.2, 0) is 46.9 Å². The van der Waals surface area contributed by atoms with Crippen LogP contribution in [0.5, 0.6) is 0 Å². The van der Waals surface area contributed by atoms with Gasteiger partial charge in [-0.05, 0) is 54.8 Å². The fourth-order valence-electron chi connectivity index (χ4n) is 6.39. The lowest BCUT2D eigenvalue weighted by molar-refractivity contribution is -0.144. The molecule has 0 aliphatic carbocycles. The normalized spacial score (nSPS) is 16.1. The number of nitrogens with two attached hydrogens (primary N) is 1. The average molecular weight is 700 g/mol. The Labute approximate surface area is 297 Å². The van der Waals surface area contributed by atoms with Gasteiger partial charge in [0, 0.05) is 84.7 Å². The van der Waals surface area contributed by atoms with Crippen molar-refractivity contribution >= 4 is 35.0 Å². The first-order valence-electron chi connectivity index (χ1n) is 16.6. The maximum Gasteiger partial charge on any atom is 0.311 e. The van der Waals surface area contributed by atoms with Gasteiger partial charge in [-0.15, -0.1) is 0 Å². The second-order valence-corrected chi connectivity index (χ2v) is 13.3. The van der Waals surface area contributed by atoms with E-state index in [9.17, 15) is 9.59 Å². The van der Waals surface area contributed by atoms with Crippen molar-refractivity contribution in [2.75, 3.05) is 32.8 Å². The molecule has 254 valence electrons. The maximum absolute atomic E-state index is 12.6. The van der Waals surface area contributed by atoms with Gasteiger partial charge < -0.3 is 20.7 Å². The molecule has 0 bridgehead atoms. The fourth-order valence-corrected chi connectivity index (χ4v) is 6.74. The van der Waals surface area contributed by atoms with Crippen LogP contribution in [-0.4, -0.2) is 70.3 Å². The molecule has 6 rings (SSSR count). The highest BCUT2D eigenvalue weighted by Gasteiger charge is 2.30. The number of nitrogens with zero attached hydrogens (tertiary/aromatic N) is 4. The van der Waals surface area contributed by atoms with Crippen LogP contribution in [0.2, 0.25) is 10.0 Å². The summed E-state index contributed by atoms with van der Waals surface area (Å²) in [7, 11) is 0. The van der Waals surface area contributed by atoms with Crippen molar-refractivity contribution in [3.8, 4) is 23.1 Å². The number of hydrogen-bond acceptors (Lipinski definition) is 6. The van der Waals surface area contributed by atoms with E-state index >= 15 is 0 Å². The molecule has 2 aliphatic rings. The van der Waals surface area contributed by atoms with Crippen LogP contribution in [0.1, 0.15) is 46.9 Å². The summed E-state index contributed by atoms with van der Waals surface area (Å²) in [6.45, 7) is 8.28. The molecule has 3 heterocycles. The Bertz CT molecular complexity index is 1880. The molecule has 49 heavy (non-hydrogen) atoms. The number of benzene rings is 3. The van der Waals surface area contributed by atoms with E-state index in [0.717, 1.165) is 79.5 Å². The number of ether oxygens (including phenoxy) is 1. The third kappa shape index (κ3) is 8.53. The Morgan fingerprint density at radius 1 is 1.00 bits per heavy atom. The standard InChI is InChI=1S/C38H40Cl2N6O3/c1-26-25-49-19-18-44(26)15-5-16-46-35-14-17-45(38(48)37(41)47)24-32(35)36(43-46)30-11-13-33(39)29(21-30)10-8-27-9-12-34(40)31(20-27)23-42-22-28-6-3-2-4-7-28/h2-4,6-7,9,11-13,20-21,26,42H,5,14-19,22-25H2,1H3,(H2,41,47). The van der Waals surface area contributed by atoms with Gasteiger partial charge in [-0.1, -0.05) is 71.4 Å². The number of morpholine rings is 1. The van der Waals surface area contributed by atoms with Crippen LogP contribution in [0.15, 0.2) is 66.7 Å². The topological polar surface area (TPSA) is 106 Å². The maximum atomic E-state index is 12.6. The molecule has 2 aliphatic heterocycles. The molecular formula is C38H40Cl2N6O3. The summed E-state index contributed by atoms with van der Waals surface area (Å²) in [4.78, 5) is 28.3. The highest BCUT2D eigenvalue weighted by molar-refractivity contribution is 6.34. The molecule has 3 aromatic carbocycles. The molecule has 1 unspecified atom stereocenters. The molecule has 1 atom stereocenters. The Morgan fingerprint density at radius 3 is 2.61 bits per heavy atom. The summed E-state index contributed by atoms with van der Waals surface area (Å²) in [5, 5.41) is 9.72. The minimum Gasteiger partial charge on any atom is -0.379 e. The number of primary amides is 1. The van der Waals surface area contributed by atoms with Gasteiger partial charge in [-0.2, -0.15) is 5.10 Å². The van der Waals surface area contributed by atoms with Crippen LogP contribution in [0.3, 0.4) is 0 Å². The molecule has 0 radical (unpaired) electrons. The van der Waals surface area contributed by atoms with Gasteiger partial charge >= 0.3 is 11.8 Å². The second kappa shape index (κ2) is 16.0. The summed E-state index contributed by atoms with van der Waals surface area (Å²) in [5.74, 6) is 4.86. The van der Waals surface area contributed by atoms with Gasteiger partial charge in [0.1, 0.15) is 0 Å². The van der Waals surface area contributed by atoms with Gasteiger partial charge in [-0.25, -0.2) is 0 Å². The van der Waals surface area contributed by atoms with Crippen LogP contribution < -0.4 is 11.1 Å². The van der Waals surface area contributed by atoms with Crippen molar-refractivity contribution in [2.24, 2.45) is 5.73 Å². The Balaban J connectivity index is 1.23. The van der Waals surface area contributed by atoms with E-state index in [4.69, 9.17) is 38.8 Å². The average Bonchev–Trinajstić information content (AvgIpc) is 3.47. The van der Waals surface area contributed by atoms with E-state index in [1.807, 2.05) is 54.6 Å². The SMILES string of the molecule is CC1COCCN1CCCn1nc(-c2ccc(Cl)c(C#Cc3ccc(Cl)c(CNCc4ccccc4)c3)c2)c2c1CCN(C(=O)C(N)=O)C2. The van der Waals surface area contributed by atoms with Crippen LogP contribution in [0.4, 0.5) is 0 Å². The van der Waals surface area contributed by atoms with Crippen LogP contribution in [0, 0.1) is 11.8 Å². The molecule has 1 fully saturated rings. The second-order valence-electron chi connectivity index (χ2n) is 12.5. The van der Waals surface area contributed by atoms with Crippen molar-refractivity contribution in [3.05, 3.63) is 110 Å². The van der Waals surface area contributed by atoms with E-state index < -0.39 is 11.8 Å². The molecule has 0 saturated carbocycles.